The van der Waals surface area contributed by atoms with Gasteiger partial charge in [0.1, 0.15) is 0 Å². The number of nitrogens with one attached hydrogen (secondary N) is 1. The van der Waals surface area contributed by atoms with Crippen molar-refractivity contribution < 1.29 is 14.0 Å². The lowest BCUT2D eigenvalue weighted by Gasteiger charge is -2.08. The number of aryl methyl sites for hydroxylation is 1. The molecule has 0 aliphatic rings. The summed E-state index contributed by atoms with van der Waals surface area (Å²) in [5, 5.41) is 11.0. The van der Waals surface area contributed by atoms with Gasteiger partial charge in [-0.2, -0.15) is 0 Å². The summed E-state index contributed by atoms with van der Waals surface area (Å²) in [5.41, 5.74) is 2.91. The van der Waals surface area contributed by atoms with Crippen molar-refractivity contribution in [1.29, 1.82) is 0 Å². The molecule has 0 saturated heterocycles. The van der Waals surface area contributed by atoms with Crippen LogP contribution in [0.4, 0.5) is 5.69 Å². The number of rotatable bonds is 6. The minimum atomic E-state index is -0.251. The summed E-state index contributed by atoms with van der Waals surface area (Å²) in [7, 11) is 0. The quantitative estimate of drug-likeness (QED) is 0.524. The minimum Gasteiger partial charge on any atom is -0.411 e. The molecular formula is C19H17N3O3S. The molecule has 26 heavy (non-hydrogen) atoms. The number of amides is 1. The van der Waals surface area contributed by atoms with E-state index in [0.717, 1.165) is 22.9 Å². The van der Waals surface area contributed by atoms with Crippen molar-refractivity contribution in [1.82, 2.24) is 10.2 Å². The summed E-state index contributed by atoms with van der Waals surface area (Å²) in [5.74, 6) is 0.160. The van der Waals surface area contributed by atoms with E-state index in [2.05, 4.69) is 15.5 Å². The highest BCUT2D eigenvalue weighted by atomic mass is 32.2. The Kier molecular flexibility index (Phi) is 5.48. The average Bonchev–Trinajstić information content (AvgIpc) is 3.09. The summed E-state index contributed by atoms with van der Waals surface area (Å²) in [6, 6.07) is 14.6. The molecule has 0 spiro atoms. The van der Waals surface area contributed by atoms with Crippen LogP contribution in [0.25, 0.3) is 11.5 Å². The lowest BCUT2D eigenvalue weighted by atomic mass is 10.1. The maximum Gasteiger partial charge on any atom is 0.277 e. The fourth-order valence-electron chi connectivity index (χ4n) is 2.38. The molecule has 3 aromatic rings. The van der Waals surface area contributed by atoms with Crippen molar-refractivity contribution in [2.24, 2.45) is 0 Å². The Hall–Kier alpha value is -2.93. The summed E-state index contributed by atoms with van der Waals surface area (Å²) in [4.78, 5) is 23.7. The van der Waals surface area contributed by atoms with Crippen LogP contribution >= 0.6 is 11.8 Å². The molecule has 132 valence electrons. The third kappa shape index (κ3) is 4.37. The first kappa shape index (κ1) is 17.9. The van der Waals surface area contributed by atoms with Gasteiger partial charge in [0.25, 0.3) is 5.22 Å². The highest BCUT2D eigenvalue weighted by molar-refractivity contribution is 7.99. The van der Waals surface area contributed by atoms with E-state index in [1.54, 1.807) is 24.3 Å². The number of hydrogen-bond donors (Lipinski definition) is 1. The highest BCUT2D eigenvalue weighted by Crippen LogP contribution is 2.24. The molecule has 0 fully saturated rings. The fraction of sp³-hybridized carbons (Fsp3) is 0.158. The maximum atomic E-state index is 12.1. The second-order valence-corrected chi connectivity index (χ2v) is 6.61. The first-order chi connectivity index (χ1) is 12.5. The molecule has 0 bridgehead atoms. The molecule has 1 amide bonds. The molecule has 6 nitrogen and oxygen atoms in total. The van der Waals surface area contributed by atoms with Crippen LogP contribution in [0.15, 0.2) is 58.2 Å². The van der Waals surface area contributed by atoms with Crippen molar-refractivity contribution in [2.75, 3.05) is 11.1 Å². The number of carbonyl (C=O) groups is 2. The van der Waals surface area contributed by atoms with E-state index in [0.29, 0.717) is 22.4 Å². The SMILES string of the molecule is CC(=O)c1ccccc1NC(=O)CSc1nnc(-c2cccc(C)c2)o1. The van der Waals surface area contributed by atoms with Crippen LogP contribution in [0.5, 0.6) is 0 Å². The standard InChI is InChI=1S/C19H17N3O3S/c1-12-6-5-7-14(10-12)18-21-22-19(25-18)26-11-17(24)20-16-9-4-3-8-15(16)13(2)23/h3-10H,11H2,1-2H3,(H,20,24). The van der Waals surface area contributed by atoms with Crippen molar-refractivity contribution in [3.8, 4) is 11.5 Å². The van der Waals surface area contributed by atoms with Crippen molar-refractivity contribution in [3.05, 3.63) is 59.7 Å². The van der Waals surface area contributed by atoms with Gasteiger partial charge in [-0.1, -0.05) is 41.6 Å². The number of benzene rings is 2. The van der Waals surface area contributed by atoms with Crippen molar-refractivity contribution in [3.63, 3.8) is 0 Å². The number of aromatic nitrogens is 2. The Morgan fingerprint density at radius 2 is 1.92 bits per heavy atom. The fourth-order valence-corrected chi connectivity index (χ4v) is 2.94. The van der Waals surface area contributed by atoms with Crippen LogP contribution in [0.2, 0.25) is 0 Å². The molecular weight excluding hydrogens is 350 g/mol. The number of thioether (sulfide) groups is 1. The van der Waals surface area contributed by atoms with Gasteiger partial charge in [0.2, 0.25) is 11.8 Å². The molecule has 0 aliphatic heterocycles. The molecule has 0 aliphatic carbocycles. The summed E-state index contributed by atoms with van der Waals surface area (Å²) < 4.78 is 5.59. The predicted octanol–water partition coefficient (Wildman–Crippen LogP) is 3.98. The van der Waals surface area contributed by atoms with Crippen LogP contribution in [0.1, 0.15) is 22.8 Å². The number of nitrogens with zero attached hydrogens (tertiary/aromatic N) is 2. The second-order valence-electron chi connectivity index (χ2n) is 5.68. The molecule has 1 N–H and O–H groups in total. The van der Waals surface area contributed by atoms with Gasteiger partial charge >= 0.3 is 0 Å². The first-order valence-corrected chi connectivity index (χ1v) is 8.94. The van der Waals surface area contributed by atoms with Crippen LogP contribution in [0.3, 0.4) is 0 Å². The van der Waals surface area contributed by atoms with Crippen LogP contribution < -0.4 is 5.32 Å². The molecule has 3 rings (SSSR count). The van der Waals surface area contributed by atoms with E-state index in [4.69, 9.17) is 4.42 Å². The van der Waals surface area contributed by atoms with E-state index in [-0.39, 0.29) is 17.4 Å². The normalized spacial score (nSPS) is 10.5. The molecule has 1 heterocycles. The molecule has 0 saturated carbocycles. The molecule has 2 aromatic carbocycles. The second kappa shape index (κ2) is 7.97. The van der Waals surface area contributed by atoms with E-state index < -0.39 is 0 Å². The smallest absolute Gasteiger partial charge is 0.277 e. The Bertz CT molecular complexity index is 952. The van der Waals surface area contributed by atoms with Gasteiger partial charge in [-0.05, 0) is 38.1 Å². The predicted molar refractivity (Wildman–Crippen MR) is 100 cm³/mol. The molecule has 0 radical (unpaired) electrons. The average molecular weight is 367 g/mol. The van der Waals surface area contributed by atoms with Gasteiger partial charge in [-0.15, -0.1) is 10.2 Å². The summed E-state index contributed by atoms with van der Waals surface area (Å²) in [6.07, 6.45) is 0. The minimum absolute atomic E-state index is 0.0989. The number of ketones is 1. The van der Waals surface area contributed by atoms with E-state index in [1.807, 2.05) is 31.2 Å². The van der Waals surface area contributed by atoms with Crippen LogP contribution in [-0.2, 0) is 4.79 Å². The first-order valence-electron chi connectivity index (χ1n) is 7.96. The van der Waals surface area contributed by atoms with Gasteiger partial charge in [0, 0.05) is 11.1 Å². The molecule has 0 unspecified atom stereocenters. The van der Waals surface area contributed by atoms with E-state index in [9.17, 15) is 9.59 Å². The third-order valence-corrected chi connectivity index (χ3v) is 4.40. The Balaban J connectivity index is 1.61. The lowest BCUT2D eigenvalue weighted by molar-refractivity contribution is -0.113. The van der Waals surface area contributed by atoms with Gasteiger partial charge in [-0.25, -0.2) is 0 Å². The van der Waals surface area contributed by atoms with Crippen LogP contribution in [0, 0.1) is 6.92 Å². The number of hydrogen-bond acceptors (Lipinski definition) is 6. The Labute approximate surface area is 155 Å². The topological polar surface area (TPSA) is 85.1 Å². The Morgan fingerprint density at radius 1 is 1.12 bits per heavy atom. The molecule has 7 heteroatoms. The summed E-state index contributed by atoms with van der Waals surface area (Å²) in [6.45, 7) is 3.45. The zero-order chi connectivity index (χ0) is 18.5. The highest BCUT2D eigenvalue weighted by Gasteiger charge is 2.13. The Morgan fingerprint density at radius 3 is 2.69 bits per heavy atom. The number of anilines is 1. The van der Waals surface area contributed by atoms with Gasteiger partial charge < -0.3 is 9.73 Å². The number of para-hydroxylation sites is 1. The number of carbonyl (C=O) groups excluding carboxylic acids is 2. The summed E-state index contributed by atoms with van der Waals surface area (Å²) >= 11 is 1.14. The largest absolute Gasteiger partial charge is 0.411 e. The zero-order valence-corrected chi connectivity index (χ0v) is 15.2. The molecule has 1 aromatic heterocycles. The van der Waals surface area contributed by atoms with Gasteiger partial charge in [-0.3, -0.25) is 9.59 Å². The number of Topliss-reactive ketones (excluding diaryl/α,β-unsaturated/α-hetero) is 1. The van der Waals surface area contributed by atoms with Crippen LogP contribution in [-0.4, -0.2) is 27.6 Å². The lowest BCUT2D eigenvalue weighted by Crippen LogP contribution is -2.16. The van der Waals surface area contributed by atoms with E-state index in [1.165, 1.54) is 6.92 Å². The monoisotopic (exact) mass is 367 g/mol. The maximum absolute atomic E-state index is 12.1. The van der Waals surface area contributed by atoms with Crippen molar-refractivity contribution in [2.45, 2.75) is 19.1 Å². The third-order valence-electron chi connectivity index (χ3n) is 3.58. The van der Waals surface area contributed by atoms with Gasteiger partial charge in [0.15, 0.2) is 5.78 Å². The van der Waals surface area contributed by atoms with Crippen molar-refractivity contribution >= 4 is 29.1 Å². The van der Waals surface area contributed by atoms with Gasteiger partial charge in [0.05, 0.1) is 11.4 Å². The zero-order valence-electron chi connectivity index (χ0n) is 14.4. The molecule has 0 atom stereocenters. The van der Waals surface area contributed by atoms with E-state index >= 15 is 0 Å².